The van der Waals surface area contributed by atoms with Crippen molar-refractivity contribution in [2.45, 2.75) is 59.5 Å². The summed E-state index contributed by atoms with van der Waals surface area (Å²) in [4.78, 5) is 10.7. The maximum absolute atomic E-state index is 10.7. The van der Waals surface area contributed by atoms with Crippen molar-refractivity contribution in [2.75, 3.05) is 0 Å². The van der Waals surface area contributed by atoms with E-state index in [0.717, 1.165) is 6.42 Å². The molecule has 0 aromatic carbocycles. The van der Waals surface area contributed by atoms with Gasteiger partial charge in [-0.3, -0.25) is 11.7 Å². The molecule has 0 heterocycles. The van der Waals surface area contributed by atoms with Crippen molar-refractivity contribution in [2.24, 2.45) is 11.3 Å². The van der Waals surface area contributed by atoms with Gasteiger partial charge in [-0.15, -0.1) is 0 Å². The number of hydrogen-bond acceptors (Lipinski definition) is 2. The molecule has 0 aliphatic heterocycles. The number of rotatable bonds is 2. The maximum atomic E-state index is 10.7. The smallest absolute Gasteiger partial charge is 0.164 e. The Hall–Kier alpha value is 0.444. The molecule has 1 fully saturated rings. The Morgan fingerprint density at radius 2 is 1.94 bits per heavy atom. The van der Waals surface area contributed by atoms with Gasteiger partial charge in [0.05, 0.1) is 6.10 Å². The zero-order valence-corrected chi connectivity index (χ0v) is 14.6. The molecule has 0 aromatic rings. The van der Waals surface area contributed by atoms with Gasteiger partial charge in [-0.2, -0.15) is 6.92 Å². The Labute approximate surface area is 132 Å². The summed E-state index contributed by atoms with van der Waals surface area (Å²) >= 11 is 0. The fourth-order valence-electron chi connectivity index (χ4n) is 2.46. The molecule has 3 heteroatoms. The van der Waals surface area contributed by atoms with E-state index in [9.17, 15) is 4.79 Å². The van der Waals surface area contributed by atoms with Gasteiger partial charge < -0.3 is 11.7 Å². The first-order valence-corrected chi connectivity index (χ1v) is 6.14. The molecule has 1 aliphatic carbocycles. The SMILES string of the molecule is [CH2-]C.[CH2-]C(=O)OC(C)C1CCCC(C)(C)C1.[Y]. The van der Waals surface area contributed by atoms with Crippen molar-refractivity contribution >= 4 is 5.97 Å². The quantitative estimate of drug-likeness (QED) is 0.572. The van der Waals surface area contributed by atoms with Gasteiger partial charge in [0, 0.05) is 32.7 Å². The molecule has 0 aromatic heterocycles. The largest absolute Gasteiger partial charge is 0.485 e. The molecular formula is C14H26O2Y-2. The summed E-state index contributed by atoms with van der Waals surface area (Å²) in [5, 5.41) is 0. The third-order valence-electron chi connectivity index (χ3n) is 3.22. The van der Waals surface area contributed by atoms with E-state index in [1.54, 1.807) is 6.92 Å². The van der Waals surface area contributed by atoms with Gasteiger partial charge in [-0.25, -0.2) is 0 Å². The third kappa shape index (κ3) is 8.21. The van der Waals surface area contributed by atoms with Crippen LogP contribution in [-0.2, 0) is 42.2 Å². The van der Waals surface area contributed by atoms with Crippen LogP contribution in [0.4, 0.5) is 0 Å². The number of hydrogen-bond donors (Lipinski definition) is 0. The van der Waals surface area contributed by atoms with Crippen molar-refractivity contribution in [3.63, 3.8) is 0 Å². The molecule has 1 saturated carbocycles. The zero-order chi connectivity index (χ0) is 12.8. The summed E-state index contributed by atoms with van der Waals surface area (Å²) in [5.41, 5.74) is 0.407. The van der Waals surface area contributed by atoms with Crippen LogP contribution in [-0.4, -0.2) is 12.1 Å². The molecule has 99 valence electrons. The van der Waals surface area contributed by atoms with Gasteiger partial charge in [0.1, 0.15) is 0 Å². The van der Waals surface area contributed by atoms with Crippen molar-refractivity contribution in [3.8, 4) is 0 Å². The number of carbonyl (C=O) groups is 1. The molecule has 2 unspecified atom stereocenters. The zero-order valence-electron chi connectivity index (χ0n) is 11.8. The fourth-order valence-corrected chi connectivity index (χ4v) is 2.46. The van der Waals surface area contributed by atoms with Crippen LogP contribution in [0.3, 0.4) is 0 Å². The summed E-state index contributed by atoms with van der Waals surface area (Å²) in [6, 6.07) is 0. The monoisotopic (exact) mass is 315 g/mol. The Bertz CT molecular complexity index is 214. The minimum Gasteiger partial charge on any atom is -0.485 e. The second-order valence-corrected chi connectivity index (χ2v) is 5.22. The van der Waals surface area contributed by atoms with E-state index >= 15 is 0 Å². The van der Waals surface area contributed by atoms with Crippen molar-refractivity contribution in [1.29, 1.82) is 0 Å². The Morgan fingerprint density at radius 1 is 1.41 bits per heavy atom. The van der Waals surface area contributed by atoms with Crippen LogP contribution >= 0.6 is 0 Å². The van der Waals surface area contributed by atoms with Crippen molar-refractivity contribution in [1.82, 2.24) is 0 Å². The number of ether oxygens (including phenoxy) is 1. The van der Waals surface area contributed by atoms with E-state index in [1.165, 1.54) is 19.3 Å². The average molecular weight is 315 g/mol. The van der Waals surface area contributed by atoms with Crippen LogP contribution in [0.1, 0.15) is 53.4 Å². The van der Waals surface area contributed by atoms with Gasteiger partial charge in [0.2, 0.25) is 0 Å². The van der Waals surface area contributed by atoms with Crippen LogP contribution in [0.2, 0.25) is 0 Å². The molecule has 1 radical (unpaired) electrons. The minimum absolute atomic E-state index is 0. The predicted molar refractivity (Wildman–Crippen MR) is 67.7 cm³/mol. The summed E-state index contributed by atoms with van der Waals surface area (Å²) < 4.78 is 5.13. The van der Waals surface area contributed by atoms with Crippen LogP contribution in [0.25, 0.3) is 0 Å². The minimum atomic E-state index is -0.402. The van der Waals surface area contributed by atoms with E-state index < -0.39 is 5.97 Å². The molecule has 0 bridgehead atoms. The Kier molecular flexibility index (Phi) is 10.9. The van der Waals surface area contributed by atoms with E-state index in [-0.39, 0.29) is 38.8 Å². The van der Waals surface area contributed by atoms with Crippen molar-refractivity contribution < 1.29 is 42.2 Å². The van der Waals surface area contributed by atoms with E-state index in [4.69, 9.17) is 4.74 Å². The summed E-state index contributed by atoms with van der Waals surface area (Å²) in [5.74, 6) is 0.116. The fraction of sp³-hybridized carbons (Fsp3) is 0.786. The van der Waals surface area contributed by atoms with Gasteiger partial charge in [0.25, 0.3) is 0 Å². The van der Waals surface area contributed by atoms with Gasteiger partial charge >= 0.3 is 0 Å². The summed E-state index contributed by atoms with van der Waals surface area (Å²) in [6.07, 6.45) is 4.89. The second-order valence-electron chi connectivity index (χ2n) is 5.22. The third-order valence-corrected chi connectivity index (χ3v) is 3.22. The normalized spacial score (nSPS) is 23.5. The molecule has 2 atom stereocenters. The first kappa shape index (κ1) is 19.8. The maximum Gasteiger partial charge on any atom is 0.164 e. The van der Waals surface area contributed by atoms with Crippen molar-refractivity contribution in [3.05, 3.63) is 13.8 Å². The molecule has 1 rings (SSSR count). The van der Waals surface area contributed by atoms with Crippen LogP contribution < -0.4 is 0 Å². The van der Waals surface area contributed by atoms with E-state index in [2.05, 4.69) is 27.7 Å². The average Bonchev–Trinajstić information content (AvgIpc) is 2.18. The molecule has 1 aliphatic rings. The number of esters is 1. The first-order valence-electron chi connectivity index (χ1n) is 6.14. The number of carbonyl (C=O) groups excluding carboxylic acids is 1. The predicted octanol–water partition coefficient (Wildman–Crippen LogP) is 3.81. The summed E-state index contributed by atoms with van der Waals surface area (Å²) in [6.45, 7) is 14.8. The summed E-state index contributed by atoms with van der Waals surface area (Å²) in [7, 11) is 0. The Balaban J connectivity index is 0. The van der Waals surface area contributed by atoms with Gasteiger partial charge in [-0.05, 0) is 37.5 Å². The van der Waals surface area contributed by atoms with Crippen LogP contribution in [0, 0.1) is 25.2 Å². The molecule has 0 N–H and O–H groups in total. The molecule has 0 amide bonds. The molecule has 17 heavy (non-hydrogen) atoms. The second kappa shape index (κ2) is 9.38. The van der Waals surface area contributed by atoms with Crippen LogP contribution in [0.5, 0.6) is 0 Å². The molecule has 0 saturated heterocycles. The van der Waals surface area contributed by atoms with Gasteiger partial charge in [-0.1, -0.05) is 20.3 Å². The molecule has 0 spiro atoms. The molecular weight excluding hydrogens is 289 g/mol. The van der Waals surface area contributed by atoms with E-state index in [0.29, 0.717) is 11.3 Å². The topological polar surface area (TPSA) is 26.3 Å². The Morgan fingerprint density at radius 3 is 2.35 bits per heavy atom. The molecule has 2 nitrogen and oxygen atoms in total. The van der Waals surface area contributed by atoms with Gasteiger partial charge in [0.15, 0.2) is 5.97 Å². The first-order chi connectivity index (χ1) is 7.41. The van der Waals surface area contributed by atoms with Crippen LogP contribution in [0.15, 0.2) is 0 Å². The van der Waals surface area contributed by atoms with E-state index in [1.807, 2.05) is 6.92 Å². The standard InChI is InChI=1S/C12H21O2.C2H5.Y/c1-9(14-10(2)13)11-6-5-7-12(3,4)8-11;1-2;/h9,11H,2,5-8H2,1,3-4H3;1H2,2H3;/q2*-1;.